The molecule has 5 nitrogen and oxygen atoms in total. The molecule has 1 aromatic heterocycles. The largest absolute Gasteiger partial charge is 0.393 e. The predicted molar refractivity (Wildman–Crippen MR) is 69.6 cm³/mol. The smallest absolute Gasteiger partial charge is 0.255 e. The summed E-state index contributed by atoms with van der Waals surface area (Å²) in [6.07, 6.45) is 2.95. The van der Waals surface area contributed by atoms with Gasteiger partial charge >= 0.3 is 0 Å². The summed E-state index contributed by atoms with van der Waals surface area (Å²) in [4.78, 5) is 14.2. The summed E-state index contributed by atoms with van der Waals surface area (Å²) < 4.78 is 0. The number of nitrogens with zero attached hydrogens (tertiary/aromatic N) is 3. The maximum Gasteiger partial charge on any atom is 0.255 e. The molecule has 1 rings (SSSR count). The van der Waals surface area contributed by atoms with E-state index in [0.717, 1.165) is 0 Å². The lowest BCUT2D eigenvalue weighted by Crippen LogP contribution is -2.38. The van der Waals surface area contributed by atoms with Crippen molar-refractivity contribution in [3.05, 3.63) is 24.0 Å². The van der Waals surface area contributed by atoms with Crippen LogP contribution in [-0.2, 0) is 0 Å². The normalized spacial score (nSPS) is 11.9. The minimum atomic E-state index is -0.0782. The van der Waals surface area contributed by atoms with Crippen molar-refractivity contribution in [3.8, 4) is 0 Å². The Balaban J connectivity index is 2.75. The number of rotatable bonds is 5. The lowest BCUT2D eigenvalue weighted by Gasteiger charge is -2.23. The molecule has 0 aliphatic carbocycles. The second-order valence-corrected chi connectivity index (χ2v) is 4.25. The number of nitrogens with two attached hydrogens (primary N) is 1. The monoisotopic (exact) mass is 252 g/mol. The van der Waals surface area contributed by atoms with E-state index in [9.17, 15) is 4.79 Å². The maximum absolute atomic E-state index is 12.1. The average molecular weight is 252 g/mol. The van der Waals surface area contributed by atoms with Crippen LogP contribution in [0.25, 0.3) is 0 Å². The Hall–Kier alpha value is -1.56. The van der Waals surface area contributed by atoms with E-state index in [1.54, 1.807) is 11.0 Å². The minimum absolute atomic E-state index is 0.00342. The molecule has 0 spiro atoms. The fourth-order valence-corrected chi connectivity index (χ4v) is 1.45. The van der Waals surface area contributed by atoms with Crippen molar-refractivity contribution in [2.75, 3.05) is 13.1 Å². The number of hydrogen-bond donors (Lipinski definition) is 1. The highest BCUT2D eigenvalue weighted by molar-refractivity contribution is 7.80. The van der Waals surface area contributed by atoms with E-state index in [1.807, 2.05) is 13.8 Å². The Morgan fingerprint density at radius 2 is 2.29 bits per heavy atom. The van der Waals surface area contributed by atoms with Crippen molar-refractivity contribution < 1.29 is 4.79 Å². The van der Waals surface area contributed by atoms with Gasteiger partial charge in [0, 0.05) is 19.0 Å². The van der Waals surface area contributed by atoms with Crippen LogP contribution in [0.5, 0.6) is 0 Å². The van der Waals surface area contributed by atoms with Gasteiger partial charge in [0.2, 0.25) is 0 Å². The number of carbonyl (C=O) groups excluding carboxylic acids is 1. The Morgan fingerprint density at radius 1 is 1.59 bits per heavy atom. The Bertz CT molecular complexity index is 396. The first-order chi connectivity index (χ1) is 8.06. The van der Waals surface area contributed by atoms with Gasteiger partial charge in [-0.3, -0.25) is 4.79 Å². The fourth-order valence-electron chi connectivity index (χ4n) is 1.38. The highest BCUT2D eigenvalue weighted by Gasteiger charge is 2.17. The quantitative estimate of drug-likeness (QED) is 0.787. The molecule has 1 amide bonds. The van der Waals surface area contributed by atoms with Gasteiger partial charge in [-0.05, 0) is 13.0 Å². The van der Waals surface area contributed by atoms with E-state index < -0.39 is 0 Å². The molecule has 0 aliphatic rings. The van der Waals surface area contributed by atoms with Gasteiger partial charge in [-0.25, -0.2) is 0 Å². The molecular weight excluding hydrogens is 236 g/mol. The van der Waals surface area contributed by atoms with Crippen LogP contribution in [0, 0.1) is 5.92 Å². The Kier molecular flexibility index (Phi) is 4.96. The second kappa shape index (κ2) is 6.24. The SMILES string of the molecule is CCN(CC(C)C(N)=S)C(=O)c1ccnnc1. The average Bonchev–Trinajstić information content (AvgIpc) is 2.35. The summed E-state index contributed by atoms with van der Waals surface area (Å²) in [5.74, 6) is -0.0748. The van der Waals surface area contributed by atoms with Crippen molar-refractivity contribution in [3.63, 3.8) is 0 Å². The van der Waals surface area contributed by atoms with Crippen LogP contribution in [0.2, 0.25) is 0 Å². The summed E-state index contributed by atoms with van der Waals surface area (Å²) >= 11 is 4.91. The van der Waals surface area contributed by atoms with Crippen LogP contribution in [-0.4, -0.2) is 39.1 Å². The van der Waals surface area contributed by atoms with Crippen LogP contribution in [0.4, 0.5) is 0 Å². The second-order valence-electron chi connectivity index (χ2n) is 3.78. The number of thiocarbonyl (C=S) groups is 1. The lowest BCUT2D eigenvalue weighted by atomic mass is 10.1. The lowest BCUT2D eigenvalue weighted by molar-refractivity contribution is 0.0754. The molecule has 0 aliphatic heterocycles. The molecule has 0 bridgehead atoms. The summed E-state index contributed by atoms with van der Waals surface area (Å²) in [6, 6.07) is 1.64. The highest BCUT2D eigenvalue weighted by atomic mass is 32.1. The third kappa shape index (κ3) is 3.74. The molecule has 1 heterocycles. The van der Waals surface area contributed by atoms with Gasteiger partial charge in [-0.15, -0.1) is 0 Å². The van der Waals surface area contributed by atoms with Crippen LogP contribution < -0.4 is 5.73 Å². The first-order valence-corrected chi connectivity index (χ1v) is 5.82. The topological polar surface area (TPSA) is 72.1 Å². The molecule has 0 aromatic carbocycles. The van der Waals surface area contributed by atoms with E-state index in [2.05, 4.69) is 10.2 Å². The van der Waals surface area contributed by atoms with Crippen molar-refractivity contribution in [1.29, 1.82) is 0 Å². The third-order valence-corrected chi connectivity index (χ3v) is 2.88. The zero-order valence-corrected chi connectivity index (χ0v) is 10.8. The van der Waals surface area contributed by atoms with E-state index in [1.165, 1.54) is 12.4 Å². The number of amides is 1. The Labute approximate surface area is 106 Å². The molecule has 17 heavy (non-hydrogen) atoms. The van der Waals surface area contributed by atoms with E-state index in [-0.39, 0.29) is 11.8 Å². The summed E-state index contributed by atoms with van der Waals surface area (Å²) in [6.45, 7) is 4.95. The maximum atomic E-state index is 12.1. The number of aromatic nitrogens is 2. The van der Waals surface area contributed by atoms with E-state index in [0.29, 0.717) is 23.6 Å². The fraction of sp³-hybridized carbons (Fsp3) is 0.455. The molecule has 0 saturated heterocycles. The molecule has 92 valence electrons. The molecule has 1 unspecified atom stereocenters. The Morgan fingerprint density at radius 3 is 2.76 bits per heavy atom. The third-order valence-electron chi connectivity index (χ3n) is 2.48. The summed E-state index contributed by atoms with van der Waals surface area (Å²) in [7, 11) is 0. The van der Waals surface area contributed by atoms with Crippen LogP contribution in [0.15, 0.2) is 18.5 Å². The van der Waals surface area contributed by atoms with Gasteiger partial charge in [0.25, 0.3) is 5.91 Å². The molecule has 0 fully saturated rings. The van der Waals surface area contributed by atoms with Gasteiger partial charge in [0.05, 0.1) is 22.9 Å². The van der Waals surface area contributed by atoms with Crippen molar-refractivity contribution in [2.24, 2.45) is 11.7 Å². The molecule has 0 saturated carbocycles. The molecule has 6 heteroatoms. The highest BCUT2D eigenvalue weighted by Crippen LogP contribution is 2.06. The summed E-state index contributed by atoms with van der Waals surface area (Å²) in [5.41, 5.74) is 6.07. The van der Waals surface area contributed by atoms with Crippen LogP contribution in [0.1, 0.15) is 24.2 Å². The van der Waals surface area contributed by atoms with Gasteiger partial charge in [-0.2, -0.15) is 10.2 Å². The van der Waals surface area contributed by atoms with Crippen LogP contribution >= 0.6 is 12.2 Å². The van der Waals surface area contributed by atoms with Gasteiger partial charge in [0.15, 0.2) is 0 Å². The van der Waals surface area contributed by atoms with Crippen molar-refractivity contribution in [1.82, 2.24) is 15.1 Å². The van der Waals surface area contributed by atoms with Gasteiger partial charge < -0.3 is 10.6 Å². The first-order valence-electron chi connectivity index (χ1n) is 5.41. The molecular formula is C11H16N4OS. The number of carbonyl (C=O) groups is 1. The first kappa shape index (κ1) is 13.5. The predicted octanol–water partition coefficient (Wildman–Crippen LogP) is 0.861. The minimum Gasteiger partial charge on any atom is -0.393 e. The van der Waals surface area contributed by atoms with Gasteiger partial charge in [0.1, 0.15) is 0 Å². The molecule has 2 N–H and O–H groups in total. The standard InChI is InChI=1S/C11H16N4OS/c1-3-15(7-8(2)10(12)17)11(16)9-4-5-13-14-6-9/h4-6,8H,3,7H2,1-2H3,(H2,12,17). The summed E-state index contributed by atoms with van der Waals surface area (Å²) in [5, 5.41) is 7.33. The molecule has 1 aromatic rings. The van der Waals surface area contributed by atoms with Crippen LogP contribution in [0.3, 0.4) is 0 Å². The van der Waals surface area contributed by atoms with Crippen molar-refractivity contribution in [2.45, 2.75) is 13.8 Å². The van der Waals surface area contributed by atoms with E-state index in [4.69, 9.17) is 18.0 Å². The van der Waals surface area contributed by atoms with E-state index >= 15 is 0 Å². The molecule has 1 atom stereocenters. The van der Waals surface area contributed by atoms with Gasteiger partial charge in [-0.1, -0.05) is 19.1 Å². The van der Waals surface area contributed by atoms with Crippen molar-refractivity contribution >= 4 is 23.1 Å². The zero-order valence-electron chi connectivity index (χ0n) is 9.96. The number of hydrogen-bond acceptors (Lipinski definition) is 4. The zero-order chi connectivity index (χ0) is 12.8. The molecule has 0 radical (unpaired) electrons.